The van der Waals surface area contributed by atoms with Crippen LogP contribution in [0.2, 0.25) is 10.0 Å². The summed E-state index contributed by atoms with van der Waals surface area (Å²) in [6, 6.07) is 12.6. The highest BCUT2D eigenvalue weighted by Crippen LogP contribution is 2.34. The fraction of sp³-hybridized carbons (Fsp3) is 0.364. The largest absolute Gasteiger partial charge is 0.339 e. The lowest BCUT2D eigenvalue weighted by Crippen LogP contribution is -2.38. The first-order valence-electron chi connectivity index (χ1n) is 10.1. The molecule has 1 aliphatic rings. The number of sulfonamides is 1. The number of rotatable bonds is 5. The summed E-state index contributed by atoms with van der Waals surface area (Å²) >= 11 is 12.1. The van der Waals surface area contributed by atoms with Crippen LogP contribution in [0.4, 0.5) is 0 Å². The lowest BCUT2D eigenvalue weighted by molar-refractivity contribution is 0.270. The Hall–Kier alpha value is -1.93. The lowest BCUT2D eigenvalue weighted by Gasteiger charge is -2.29. The molecule has 0 aliphatic carbocycles. The van der Waals surface area contributed by atoms with Gasteiger partial charge in [0.2, 0.25) is 15.9 Å². The van der Waals surface area contributed by atoms with Gasteiger partial charge in [0.25, 0.3) is 0 Å². The number of halogens is 2. The number of hydrogen-bond donors (Lipinski definition) is 0. The summed E-state index contributed by atoms with van der Waals surface area (Å²) < 4.78 is 33.0. The molecule has 0 radical (unpaired) electrons. The number of aromatic nitrogens is 2. The standard InChI is InChI=1S/C22H23Cl2N3O3S/c1-14-5-3-4-6-18(14)15(2)21-25-22(30-26-21)16-9-11-27(12-10-16)31(28,29)20-13-17(23)7-8-19(20)24/h3-8,13,15-16H,9-12H2,1-2H3/t15-/m1/s1. The van der Waals surface area contributed by atoms with Gasteiger partial charge in [0.1, 0.15) is 4.90 Å². The van der Waals surface area contributed by atoms with Crippen molar-refractivity contribution in [2.75, 3.05) is 13.1 Å². The third kappa shape index (κ3) is 4.51. The van der Waals surface area contributed by atoms with Crippen molar-refractivity contribution in [3.63, 3.8) is 0 Å². The van der Waals surface area contributed by atoms with Crippen molar-refractivity contribution in [1.82, 2.24) is 14.4 Å². The maximum absolute atomic E-state index is 13.0. The molecule has 4 rings (SSSR count). The first-order valence-corrected chi connectivity index (χ1v) is 12.3. The highest BCUT2D eigenvalue weighted by molar-refractivity contribution is 7.89. The minimum absolute atomic E-state index is 0.0177. The van der Waals surface area contributed by atoms with Gasteiger partial charge in [-0.2, -0.15) is 9.29 Å². The molecule has 6 nitrogen and oxygen atoms in total. The minimum atomic E-state index is -3.72. The predicted molar refractivity (Wildman–Crippen MR) is 120 cm³/mol. The van der Waals surface area contributed by atoms with Crippen LogP contribution in [-0.4, -0.2) is 36.0 Å². The van der Waals surface area contributed by atoms with Gasteiger partial charge in [-0.3, -0.25) is 0 Å². The highest BCUT2D eigenvalue weighted by atomic mass is 35.5. The van der Waals surface area contributed by atoms with Crippen molar-refractivity contribution in [2.24, 2.45) is 0 Å². The Kier molecular flexibility index (Phi) is 6.40. The topological polar surface area (TPSA) is 76.3 Å². The van der Waals surface area contributed by atoms with Crippen LogP contribution in [0, 0.1) is 6.92 Å². The summed E-state index contributed by atoms with van der Waals surface area (Å²) in [6.07, 6.45) is 1.19. The van der Waals surface area contributed by atoms with E-state index in [1.54, 1.807) is 6.07 Å². The molecule has 0 saturated carbocycles. The second-order valence-corrected chi connectivity index (χ2v) is 10.6. The molecule has 9 heteroatoms. The van der Waals surface area contributed by atoms with Crippen LogP contribution in [0.3, 0.4) is 0 Å². The van der Waals surface area contributed by atoms with Crippen LogP contribution in [-0.2, 0) is 10.0 Å². The molecule has 1 fully saturated rings. The van der Waals surface area contributed by atoms with Gasteiger partial charge in [-0.1, -0.05) is 59.5 Å². The van der Waals surface area contributed by atoms with E-state index >= 15 is 0 Å². The van der Waals surface area contributed by atoms with Crippen LogP contribution in [0.1, 0.15) is 54.4 Å². The second-order valence-electron chi connectivity index (χ2n) is 7.82. The van der Waals surface area contributed by atoms with Gasteiger partial charge in [0.15, 0.2) is 5.82 Å². The molecule has 1 atom stereocenters. The van der Waals surface area contributed by atoms with Gasteiger partial charge in [0.05, 0.1) is 5.02 Å². The van der Waals surface area contributed by atoms with Gasteiger partial charge in [0, 0.05) is 29.9 Å². The molecule has 164 valence electrons. The summed E-state index contributed by atoms with van der Waals surface area (Å²) in [5.41, 5.74) is 2.34. The van der Waals surface area contributed by atoms with Crippen molar-refractivity contribution >= 4 is 33.2 Å². The van der Waals surface area contributed by atoms with E-state index in [1.165, 1.54) is 22.0 Å². The fourth-order valence-electron chi connectivity index (χ4n) is 3.96. The first kappa shape index (κ1) is 22.3. The number of nitrogens with zero attached hydrogens (tertiary/aromatic N) is 3. The van der Waals surface area contributed by atoms with E-state index in [2.05, 4.69) is 36.1 Å². The average Bonchev–Trinajstić information content (AvgIpc) is 3.26. The Labute approximate surface area is 192 Å². The van der Waals surface area contributed by atoms with E-state index < -0.39 is 10.0 Å². The van der Waals surface area contributed by atoms with Crippen LogP contribution in [0.25, 0.3) is 0 Å². The summed E-state index contributed by atoms with van der Waals surface area (Å²) in [7, 11) is -3.72. The third-order valence-corrected chi connectivity index (χ3v) is 8.43. The van der Waals surface area contributed by atoms with Crippen LogP contribution >= 0.6 is 23.2 Å². The summed E-state index contributed by atoms with van der Waals surface area (Å²) in [5, 5.41) is 4.69. The van der Waals surface area contributed by atoms with E-state index in [0.717, 1.165) is 5.56 Å². The predicted octanol–water partition coefficient (Wildman–Crippen LogP) is 5.40. The van der Waals surface area contributed by atoms with Crippen molar-refractivity contribution < 1.29 is 12.9 Å². The SMILES string of the molecule is Cc1ccccc1[C@@H](C)c1noc(C2CCN(S(=O)(=O)c3cc(Cl)ccc3Cl)CC2)n1. The van der Waals surface area contributed by atoms with Gasteiger partial charge in [-0.05, 0) is 49.1 Å². The number of aryl methyl sites for hydroxylation is 1. The number of hydrogen-bond acceptors (Lipinski definition) is 5. The Bertz CT molecular complexity index is 1190. The van der Waals surface area contributed by atoms with Crippen molar-refractivity contribution in [3.05, 3.63) is 75.4 Å². The van der Waals surface area contributed by atoms with E-state index in [-0.39, 0.29) is 21.8 Å². The van der Waals surface area contributed by atoms with Crippen LogP contribution in [0.15, 0.2) is 51.9 Å². The molecule has 0 N–H and O–H groups in total. The molecule has 31 heavy (non-hydrogen) atoms. The maximum atomic E-state index is 13.0. The zero-order valence-electron chi connectivity index (χ0n) is 17.3. The molecule has 1 saturated heterocycles. The molecule has 0 spiro atoms. The van der Waals surface area contributed by atoms with Gasteiger partial charge in [-0.25, -0.2) is 8.42 Å². The quantitative estimate of drug-likeness (QED) is 0.489. The number of piperidine rings is 1. The van der Waals surface area contributed by atoms with Crippen molar-refractivity contribution in [3.8, 4) is 0 Å². The Morgan fingerprint density at radius 3 is 2.55 bits per heavy atom. The van der Waals surface area contributed by atoms with Crippen molar-refractivity contribution in [1.29, 1.82) is 0 Å². The Balaban J connectivity index is 1.46. The monoisotopic (exact) mass is 479 g/mol. The number of benzene rings is 2. The molecule has 2 aromatic carbocycles. The molecule has 0 amide bonds. The fourth-order valence-corrected chi connectivity index (χ4v) is 6.16. The smallest absolute Gasteiger partial charge is 0.244 e. The molecular formula is C22H23Cl2N3O3S. The van der Waals surface area contributed by atoms with Crippen LogP contribution < -0.4 is 0 Å². The third-order valence-electron chi connectivity index (χ3n) is 5.81. The van der Waals surface area contributed by atoms with E-state index in [0.29, 0.717) is 42.7 Å². The van der Waals surface area contributed by atoms with Crippen molar-refractivity contribution in [2.45, 2.75) is 43.4 Å². The van der Waals surface area contributed by atoms with Gasteiger partial charge >= 0.3 is 0 Å². The molecule has 0 unspecified atom stereocenters. The summed E-state index contributed by atoms with van der Waals surface area (Å²) in [4.78, 5) is 4.67. The van der Waals surface area contributed by atoms with E-state index in [4.69, 9.17) is 27.7 Å². The van der Waals surface area contributed by atoms with E-state index in [9.17, 15) is 8.42 Å². The summed E-state index contributed by atoms with van der Waals surface area (Å²) in [6.45, 7) is 4.82. The Morgan fingerprint density at radius 2 is 1.84 bits per heavy atom. The second kappa shape index (κ2) is 8.90. The molecule has 1 aliphatic heterocycles. The van der Waals surface area contributed by atoms with Gasteiger partial charge < -0.3 is 4.52 Å². The maximum Gasteiger partial charge on any atom is 0.244 e. The average molecular weight is 480 g/mol. The highest BCUT2D eigenvalue weighted by Gasteiger charge is 2.33. The zero-order valence-corrected chi connectivity index (χ0v) is 19.6. The zero-order chi connectivity index (χ0) is 22.2. The molecule has 1 aromatic heterocycles. The van der Waals surface area contributed by atoms with Gasteiger partial charge in [-0.15, -0.1) is 0 Å². The molecule has 0 bridgehead atoms. The lowest BCUT2D eigenvalue weighted by atomic mass is 9.95. The summed E-state index contributed by atoms with van der Waals surface area (Å²) in [5.74, 6) is 1.24. The molecular weight excluding hydrogens is 457 g/mol. The van der Waals surface area contributed by atoms with Crippen LogP contribution in [0.5, 0.6) is 0 Å². The molecule has 3 aromatic rings. The molecule has 2 heterocycles. The first-order chi connectivity index (χ1) is 14.8. The normalized spacial score (nSPS) is 17.0. The Morgan fingerprint density at radius 1 is 1.13 bits per heavy atom. The minimum Gasteiger partial charge on any atom is -0.339 e. The van der Waals surface area contributed by atoms with E-state index in [1.807, 2.05) is 12.1 Å².